The molecule has 1 unspecified atom stereocenters. The van der Waals surface area contributed by atoms with Gasteiger partial charge in [0.1, 0.15) is 17.3 Å². The van der Waals surface area contributed by atoms with Crippen molar-refractivity contribution in [3.8, 4) is 17.2 Å². The third-order valence-corrected chi connectivity index (χ3v) is 7.18. The number of rotatable bonds is 12. The topological polar surface area (TPSA) is 73.7 Å². The van der Waals surface area contributed by atoms with Crippen LogP contribution in [0.15, 0.2) is 114 Å². The number of carbonyl (C=O) groups excluding carboxylic acids is 1. The van der Waals surface area contributed by atoms with Crippen LogP contribution in [0.4, 0.5) is 0 Å². The number of fused-ring (bicyclic) bond motifs is 1. The summed E-state index contributed by atoms with van der Waals surface area (Å²) in [6.07, 6.45) is 1.20. The molecule has 7 nitrogen and oxygen atoms in total. The van der Waals surface area contributed by atoms with Crippen LogP contribution >= 0.6 is 0 Å². The summed E-state index contributed by atoms with van der Waals surface area (Å²) in [5.74, 6) is 1.67. The van der Waals surface area contributed by atoms with Crippen molar-refractivity contribution >= 4 is 16.8 Å². The lowest BCUT2D eigenvalue weighted by Gasteiger charge is -2.32. The predicted molar refractivity (Wildman–Crippen MR) is 165 cm³/mol. The molecule has 0 fully saturated rings. The molecule has 0 saturated carbocycles. The molecule has 0 saturated heterocycles. The Labute approximate surface area is 246 Å². The molecule has 0 aliphatic rings. The highest BCUT2D eigenvalue weighted by atomic mass is 16.5. The van der Waals surface area contributed by atoms with Crippen molar-refractivity contribution in [1.29, 1.82) is 0 Å². The van der Waals surface area contributed by atoms with Crippen LogP contribution in [0.2, 0.25) is 0 Å². The third kappa shape index (κ3) is 6.52. The zero-order valence-electron chi connectivity index (χ0n) is 24.0. The largest absolute Gasteiger partial charge is 0.494 e. The molecule has 5 rings (SSSR count). The summed E-state index contributed by atoms with van der Waals surface area (Å²) in [6.45, 7) is 4.79. The number of aromatic nitrogens is 2. The highest BCUT2D eigenvalue weighted by Crippen LogP contribution is 2.27. The number of amides is 1. The van der Waals surface area contributed by atoms with Crippen molar-refractivity contribution < 1.29 is 14.3 Å². The fourth-order valence-corrected chi connectivity index (χ4v) is 5.12. The van der Waals surface area contributed by atoms with Gasteiger partial charge in [-0.1, -0.05) is 67.6 Å². The van der Waals surface area contributed by atoms with E-state index < -0.39 is 6.04 Å². The quantitative estimate of drug-likeness (QED) is 0.177. The standard InChI is InChI=1S/C35H35N3O4/c1-3-32(37(24-23-26-13-7-5-8-14-26)33(39)25-42-28-15-9-6-10-16-28)34-36-31-18-12-11-17-30(31)35(40)38(34)27-19-21-29(22-20-27)41-4-2/h5-22,32H,3-4,23-25H2,1-2H3. The highest BCUT2D eigenvalue weighted by molar-refractivity contribution is 5.79. The molecule has 0 aliphatic carbocycles. The molecule has 0 bridgehead atoms. The number of hydrogen-bond acceptors (Lipinski definition) is 5. The van der Waals surface area contributed by atoms with Gasteiger partial charge in [0.25, 0.3) is 11.5 Å². The van der Waals surface area contributed by atoms with E-state index in [2.05, 4.69) is 0 Å². The first kappa shape index (κ1) is 28.6. The van der Waals surface area contributed by atoms with E-state index in [0.29, 0.717) is 54.2 Å². The highest BCUT2D eigenvalue weighted by Gasteiger charge is 2.29. The van der Waals surface area contributed by atoms with Crippen molar-refractivity contribution in [2.24, 2.45) is 0 Å². The van der Waals surface area contributed by atoms with Gasteiger partial charge in [-0.05, 0) is 73.9 Å². The molecule has 0 radical (unpaired) electrons. The van der Waals surface area contributed by atoms with Crippen molar-refractivity contribution in [2.75, 3.05) is 19.8 Å². The van der Waals surface area contributed by atoms with Gasteiger partial charge in [0.05, 0.1) is 29.2 Å². The second-order valence-electron chi connectivity index (χ2n) is 9.90. The third-order valence-electron chi connectivity index (χ3n) is 7.18. The maximum Gasteiger partial charge on any atom is 0.266 e. The van der Waals surface area contributed by atoms with Crippen LogP contribution in [0.5, 0.6) is 11.5 Å². The smallest absolute Gasteiger partial charge is 0.266 e. The zero-order valence-corrected chi connectivity index (χ0v) is 24.0. The number of para-hydroxylation sites is 2. The first-order valence-corrected chi connectivity index (χ1v) is 14.3. The van der Waals surface area contributed by atoms with Crippen LogP contribution < -0.4 is 15.0 Å². The summed E-state index contributed by atoms with van der Waals surface area (Å²) in [5.41, 5.74) is 2.18. The minimum Gasteiger partial charge on any atom is -0.494 e. The van der Waals surface area contributed by atoms with Gasteiger partial charge in [-0.15, -0.1) is 0 Å². The van der Waals surface area contributed by atoms with E-state index in [0.717, 1.165) is 11.3 Å². The molecule has 0 aliphatic heterocycles. The molecule has 7 heteroatoms. The van der Waals surface area contributed by atoms with Crippen molar-refractivity contribution in [3.05, 3.63) is 131 Å². The first-order valence-electron chi connectivity index (χ1n) is 14.3. The molecule has 4 aromatic carbocycles. The average Bonchev–Trinajstić information content (AvgIpc) is 3.03. The van der Waals surface area contributed by atoms with Gasteiger partial charge in [-0.25, -0.2) is 4.98 Å². The second-order valence-corrected chi connectivity index (χ2v) is 9.90. The number of ether oxygens (including phenoxy) is 2. The van der Waals surface area contributed by atoms with Gasteiger partial charge in [0.2, 0.25) is 0 Å². The van der Waals surface area contributed by atoms with Crippen LogP contribution in [0.1, 0.15) is 37.7 Å². The summed E-state index contributed by atoms with van der Waals surface area (Å²) < 4.78 is 13.1. The van der Waals surface area contributed by atoms with Gasteiger partial charge >= 0.3 is 0 Å². The van der Waals surface area contributed by atoms with Crippen LogP contribution in [0.3, 0.4) is 0 Å². The molecule has 1 aromatic heterocycles. The Morgan fingerprint density at radius 3 is 2.14 bits per heavy atom. The summed E-state index contributed by atoms with van der Waals surface area (Å²) in [6, 6.07) is 33.6. The Balaban J connectivity index is 1.58. The van der Waals surface area contributed by atoms with E-state index in [-0.39, 0.29) is 18.1 Å². The Hall–Kier alpha value is -4.91. The van der Waals surface area contributed by atoms with Crippen LogP contribution in [-0.4, -0.2) is 40.1 Å². The maximum absolute atomic E-state index is 14.0. The molecular weight excluding hydrogens is 526 g/mol. The maximum atomic E-state index is 14.0. The molecule has 1 heterocycles. The van der Waals surface area contributed by atoms with Gasteiger partial charge in [-0.2, -0.15) is 0 Å². The summed E-state index contributed by atoms with van der Waals surface area (Å²) >= 11 is 0. The van der Waals surface area contributed by atoms with Gasteiger partial charge in [0.15, 0.2) is 6.61 Å². The van der Waals surface area contributed by atoms with Crippen LogP contribution in [-0.2, 0) is 11.2 Å². The van der Waals surface area contributed by atoms with Gasteiger partial charge in [0, 0.05) is 6.54 Å². The monoisotopic (exact) mass is 561 g/mol. The summed E-state index contributed by atoms with van der Waals surface area (Å²) in [4.78, 5) is 34.7. The lowest BCUT2D eigenvalue weighted by molar-refractivity contribution is -0.136. The van der Waals surface area contributed by atoms with E-state index in [4.69, 9.17) is 14.5 Å². The van der Waals surface area contributed by atoms with E-state index in [1.807, 2.05) is 117 Å². The van der Waals surface area contributed by atoms with Crippen molar-refractivity contribution in [2.45, 2.75) is 32.7 Å². The number of hydrogen-bond donors (Lipinski definition) is 0. The summed E-state index contributed by atoms with van der Waals surface area (Å²) in [7, 11) is 0. The van der Waals surface area contributed by atoms with Crippen LogP contribution in [0.25, 0.3) is 16.6 Å². The molecule has 0 N–H and O–H groups in total. The lowest BCUT2D eigenvalue weighted by atomic mass is 10.1. The number of benzene rings is 4. The predicted octanol–water partition coefficient (Wildman–Crippen LogP) is 6.39. The molecule has 1 amide bonds. The molecular formula is C35H35N3O4. The SMILES string of the molecule is CCOc1ccc(-n2c(C(CC)N(CCc3ccccc3)C(=O)COc3ccccc3)nc3ccccc3c2=O)cc1. The van der Waals surface area contributed by atoms with E-state index in [1.54, 1.807) is 15.5 Å². The Morgan fingerprint density at radius 2 is 1.45 bits per heavy atom. The van der Waals surface area contributed by atoms with Gasteiger partial charge in [-0.3, -0.25) is 14.2 Å². The average molecular weight is 562 g/mol. The number of nitrogens with zero attached hydrogens (tertiary/aromatic N) is 3. The second kappa shape index (κ2) is 13.6. The van der Waals surface area contributed by atoms with E-state index in [1.165, 1.54) is 0 Å². The fraction of sp³-hybridized carbons (Fsp3) is 0.229. The molecule has 214 valence electrons. The van der Waals surface area contributed by atoms with Crippen molar-refractivity contribution in [1.82, 2.24) is 14.5 Å². The minimum absolute atomic E-state index is 0.129. The lowest BCUT2D eigenvalue weighted by Crippen LogP contribution is -2.42. The molecule has 42 heavy (non-hydrogen) atoms. The number of carbonyl (C=O) groups is 1. The fourth-order valence-electron chi connectivity index (χ4n) is 5.12. The Bertz CT molecular complexity index is 1670. The normalized spacial score (nSPS) is 11.7. The molecule has 0 spiro atoms. The first-order chi connectivity index (χ1) is 20.6. The minimum atomic E-state index is -0.482. The van der Waals surface area contributed by atoms with Crippen molar-refractivity contribution in [3.63, 3.8) is 0 Å². The van der Waals surface area contributed by atoms with E-state index in [9.17, 15) is 9.59 Å². The van der Waals surface area contributed by atoms with Crippen LogP contribution in [0, 0.1) is 0 Å². The summed E-state index contributed by atoms with van der Waals surface area (Å²) in [5, 5.41) is 0.513. The molecule has 5 aromatic rings. The zero-order chi connectivity index (χ0) is 29.3. The Kier molecular flexibility index (Phi) is 9.29. The molecule has 1 atom stereocenters. The van der Waals surface area contributed by atoms with E-state index >= 15 is 0 Å². The van der Waals surface area contributed by atoms with Gasteiger partial charge < -0.3 is 14.4 Å². The Morgan fingerprint density at radius 1 is 0.810 bits per heavy atom.